The first-order chi connectivity index (χ1) is 9.70. The number of carbonyl (C=O) groups is 1. The molecule has 0 amide bonds. The van der Waals surface area contributed by atoms with Gasteiger partial charge < -0.3 is 0 Å². The molecule has 0 unspecified atom stereocenters. The van der Waals surface area contributed by atoms with Crippen molar-refractivity contribution < 1.29 is 4.79 Å². The van der Waals surface area contributed by atoms with Crippen LogP contribution in [0, 0.1) is 6.92 Å². The van der Waals surface area contributed by atoms with Crippen molar-refractivity contribution >= 4 is 6.29 Å². The summed E-state index contributed by atoms with van der Waals surface area (Å²) in [6.07, 6.45) is 4.26. The molecule has 5 heteroatoms. The molecule has 0 saturated heterocycles. The lowest BCUT2D eigenvalue weighted by atomic mass is 10.2. The fraction of sp³-hybridized carbons (Fsp3) is 0.133. The lowest BCUT2D eigenvalue weighted by Crippen LogP contribution is -1.99. The molecule has 0 atom stereocenters. The number of benzene rings is 1. The van der Waals surface area contributed by atoms with Gasteiger partial charge >= 0.3 is 0 Å². The van der Waals surface area contributed by atoms with Crippen molar-refractivity contribution in [3.63, 3.8) is 0 Å². The van der Waals surface area contributed by atoms with Crippen LogP contribution in [0.4, 0.5) is 0 Å². The second kappa shape index (κ2) is 4.77. The molecule has 0 fully saturated rings. The molecule has 100 valence electrons. The smallest absolute Gasteiger partial charge is 0.153 e. The fourth-order valence-electron chi connectivity index (χ4n) is 2.22. The number of rotatable bonds is 3. The Balaban J connectivity index is 2.17. The minimum Gasteiger partial charge on any atom is -0.298 e. The number of nitrogens with zero attached hydrogens (tertiary/aromatic N) is 4. The third kappa shape index (κ3) is 1.93. The van der Waals surface area contributed by atoms with Crippen LogP contribution in [-0.2, 0) is 7.05 Å². The highest BCUT2D eigenvalue weighted by Gasteiger charge is 2.14. The van der Waals surface area contributed by atoms with E-state index in [1.54, 1.807) is 21.8 Å². The Morgan fingerprint density at radius 2 is 2.00 bits per heavy atom. The molecule has 0 aliphatic carbocycles. The van der Waals surface area contributed by atoms with Crippen LogP contribution in [0.3, 0.4) is 0 Å². The van der Waals surface area contributed by atoms with Crippen LogP contribution in [0.5, 0.6) is 0 Å². The number of aryl methyl sites for hydroxylation is 2. The van der Waals surface area contributed by atoms with Crippen molar-refractivity contribution in [2.24, 2.45) is 7.05 Å². The SMILES string of the molecule is Cc1ccccc1-n1cc(C=O)c(-c2ccnn2C)n1. The average molecular weight is 266 g/mol. The Morgan fingerprint density at radius 3 is 2.65 bits per heavy atom. The molecule has 0 aliphatic rings. The Morgan fingerprint density at radius 1 is 1.20 bits per heavy atom. The summed E-state index contributed by atoms with van der Waals surface area (Å²) in [5, 5.41) is 8.66. The molecule has 0 radical (unpaired) electrons. The zero-order valence-electron chi connectivity index (χ0n) is 11.3. The molecule has 0 saturated carbocycles. The summed E-state index contributed by atoms with van der Waals surface area (Å²) >= 11 is 0. The molecule has 2 aromatic heterocycles. The third-order valence-electron chi connectivity index (χ3n) is 3.30. The molecule has 3 rings (SSSR count). The van der Waals surface area contributed by atoms with Crippen LogP contribution >= 0.6 is 0 Å². The van der Waals surface area contributed by atoms with E-state index in [2.05, 4.69) is 10.2 Å². The Bertz CT molecular complexity index is 770. The van der Waals surface area contributed by atoms with Gasteiger partial charge in [-0.3, -0.25) is 9.48 Å². The molecule has 2 heterocycles. The second-order valence-corrected chi connectivity index (χ2v) is 4.62. The molecule has 3 aromatic rings. The van der Waals surface area contributed by atoms with Crippen LogP contribution in [0.2, 0.25) is 0 Å². The van der Waals surface area contributed by atoms with Crippen molar-refractivity contribution in [2.75, 3.05) is 0 Å². The molecule has 0 N–H and O–H groups in total. The first kappa shape index (κ1) is 12.3. The van der Waals surface area contributed by atoms with Crippen molar-refractivity contribution in [3.8, 4) is 17.1 Å². The van der Waals surface area contributed by atoms with Crippen LogP contribution in [0.1, 0.15) is 15.9 Å². The predicted molar refractivity (Wildman–Crippen MR) is 75.9 cm³/mol. The van der Waals surface area contributed by atoms with E-state index >= 15 is 0 Å². The topological polar surface area (TPSA) is 52.7 Å². The molecule has 0 bridgehead atoms. The van der Waals surface area contributed by atoms with Gasteiger partial charge in [0.15, 0.2) is 6.29 Å². The van der Waals surface area contributed by atoms with E-state index in [1.165, 1.54) is 0 Å². The molecular formula is C15H14N4O. The second-order valence-electron chi connectivity index (χ2n) is 4.62. The Hall–Kier alpha value is -2.69. The van der Waals surface area contributed by atoms with E-state index in [9.17, 15) is 4.79 Å². The third-order valence-corrected chi connectivity index (χ3v) is 3.30. The van der Waals surface area contributed by atoms with Gasteiger partial charge in [-0.15, -0.1) is 0 Å². The van der Waals surface area contributed by atoms with Crippen LogP contribution in [0.15, 0.2) is 42.7 Å². The quantitative estimate of drug-likeness (QED) is 0.684. The van der Waals surface area contributed by atoms with Crippen molar-refractivity contribution in [3.05, 3.63) is 53.9 Å². The van der Waals surface area contributed by atoms with Gasteiger partial charge in [0.05, 0.1) is 16.9 Å². The lowest BCUT2D eigenvalue weighted by Gasteiger charge is -2.04. The maximum absolute atomic E-state index is 11.3. The molecule has 0 aliphatic heterocycles. The molecular weight excluding hydrogens is 252 g/mol. The normalized spacial score (nSPS) is 10.7. The largest absolute Gasteiger partial charge is 0.298 e. The van der Waals surface area contributed by atoms with E-state index in [-0.39, 0.29) is 0 Å². The van der Waals surface area contributed by atoms with Crippen LogP contribution in [-0.4, -0.2) is 25.8 Å². The zero-order valence-corrected chi connectivity index (χ0v) is 11.3. The summed E-state index contributed by atoms with van der Waals surface area (Å²) in [5.41, 5.74) is 4.08. The highest BCUT2D eigenvalue weighted by atomic mass is 16.1. The van der Waals surface area contributed by atoms with Gasteiger partial charge in [0, 0.05) is 19.4 Å². The fourth-order valence-corrected chi connectivity index (χ4v) is 2.22. The maximum atomic E-state index is 11.3. The molecule has 1 aromatic carbocycles. The number of hydrogen-bond acceptors (Lipinski definition) is 3. The van der Waals surface area contributed by atoms with E-state index < -0.39 is 0 Å². The number of para-hydroxylation sites is 1. The summed E-state index contributed by atoms with van der Waals surface area (Å²) in [7, 11) is 1.83. The van der Waals surface area contributed by atoms with Gasteiger partial charge in [-0.25, -0.2) is 4.68 Å². The summed E-state index contributed by atoms with van der Waals surface area (Å²) in [6, 6.07) is 9.77. The van der Waals surface area contributed by atoms with E-state index in [4.69, 9.17) is 0 Å². The summed E-state index contributed by atoms with van der Waals surface area (Å²) in [6.45, 7) is 2.02. The maximum Gasteiger partial charge on any atom is 0.153 e. The molecule has 5 nitrogen and oxygen atoms in total. The summed E-state index contributed by atoms with van der Waals surface area (Å²) in [5.74, 6) is 0. The minimum absolute atomic E-state index is 0.553. The average Bonchev–Trinajstić information content (AvgIpc) is 3.04. The minimum atomic E-state index is 0.553. The van der Waals surface area contributed by atoms with Gasteiger partial charge in [0.25, 0.3) is 0 Å². The van der Waals surface area contributed by atoms with E-state index in [0.29, 0.717) is 11.3 Å². The summed E-state index contributed by atoms with van der Waals surface area (Å²) in [4.78, 5) is 11.3. The number of carbonyl (C=O) groups excluding carboxylic acids is 1. The molecule has 20 heavy (non-hydrogen) atoms. The van der Waals surface area contributed by atoms with Crippen molar-refractivity contribution in [1.29, 1.82) is 0 Å². The van der Waals surface area contributed by atoms with Gasteiger partial charge in [-0.2, -0.15) is 10.2 Å². The van der Waals surface area contributed by atoms with Crippen molar-refractivity contribution in [1.82, 2.24) is 19.6 Å². The first-order valence-electron chi connectivity index (χ1n) is 6.30. The predicted octanol–water partition coefficient (Wildman–Crippen LogP) is 2.39. The highest BCUT2D eigenvalue weighted by molar-refractivity contribution is 5.84. The van der Waals surface area contributed by atoms with Gasteiger partial charge in [-0.05, 0) is 24.6 Å². The van der Waals surface area contributed by atoms with E-state index in [0.717, 1.165) is 23.2 Å². The Labute approximate surface area is 116 Å². The number of hydrogen-bond donors (Lipinski definition) is 0. The van der Waals surface area contributed by atoms with Gasteiger partial charge in [0.1, 0.15) is 5.69 Å². The standard InChI is InChI=1S/C15H14N4O/c1-11-5-3-4-6-13(11)19-9-12(10-20)15(17-19)14-7-8-16-18(14)2/h3-10H,1-2H3. The highest BCUT2D eigenvalue weighted by Crippen LogP contribution is 2.22. The van der Waals surface area contributed by atoms with Gasteiger partial charge in [-0.1, -0.05) is 18.2 Å². The van der Waals surface area contributed by atoms with Crippen LogP contribution in [0.25, 0.3) is 17.1 Å². The number of aromatic nitrogens is 4. The number of aldehydes is 1. The zero-order chi connectivity index (χ0) is 14.1. The van der Waals surface area contributed by atoms with Gasteiger partial charge in [0.2, 0.25) is 0 Å². The van der Waals surface area contributed by atoms with E-state index in [1.807, 2.05) is 44.3 Å². The Kier molecular flexibility index (Phi) is 2.95. The monoisotopic (exact) mass is 266 g/mol. The van der Waals surface area contributed by atoms with Crippen LogP contribution < -0.4 is 0 Å². The first-order valence-corrected chi connectivity index (χ1v) is 6.30. The lowest BCUT2D eigenvalue weighted by molar-refractivity contribution is 0.112. The molecule has 0 spiro atoms. The van der Waals surface area contributed by atoms with Crippen molar-refractivity contribution in [2.45, 2.75) is 6.92 Å². The summed E-state index contributed by atoms with van der Waals surface area (Å²) < 4.78 is 3.44.